The topological polar surface area (TPSA) is 134 Å². The maximum absolute atomic E-state index is 13.0. The van der Waals surface area contributed by atoms with E-state index in [1.54, 1.807) is 12.1 Å². The number of nitrogens with zero attached hydrogens (tertiary/aromatic N) is 2. The number of methoxy groups -OCH3 is 1. The molecule has 192 valence electrons. The van der Waals surface area contributed by atoms with Crippen molar-refractivity contribution in [2.75, 3.05) is 46.6 Å². The lowest BCUT2D eigenvalue weighted by Crippen LogP contribution is -2.40. The Morgan fingerprint density at radius 1 is 1.06 bits per heavy atom. The number of benzene rings is 2. The summed E-state index contributed by atoms with van der Waals surface area (Å²) in [6.07, 6.45) is 0.478. The monoisotopic (exact) mass is 516 g/mol. The van der Waals surface area contributed by atoms with Crippen molar-refractivity contribution in [2.24, 2.45) is 0 Å². The molecular formula is C25H28N2O8S. The number of morpholine rings is 1. The van der Waals surface area contributed by atoms with Gasteiger partial charge in [0.1, 0.15) is 11.5 Å². The van der Waals surface area contributed by atoms with Crippen LogP contribution >= 0.6 is 0 Å². The normalized spacial score (nSPS) is 20.7. The molecule has 2 N–H and O–H groups in total. The molecule has 0 aliphatic carbocycles. The third-order valence-electron chi connectivity index (χ3n) is 6.23. The average Bonchev–Trinajstić information content (AvgIpc) is 3.14. The first-order valence-electron chi connectivity index (χ1n) is 11.5. The quantitative estimate of drug-likeness (QED) is 0.235. The van der Waals surface area contributed by atoms with E-state index in [-0.39, 0.29) is 41.4 Å². The number of amides is 1. The van der Waals surface area contributed by atoms with Gasteiger partial charge >= 0.3 is 0 Å². The van der Waals surface area contributed by atoms with E-state index in [4.69, 9.17) is 9.47 Å². The second-order valence-electron chi connectivity index (χ2n) is 8.47. The molecule has 0 unspecified atom stereocenters. The van der Waals surface area contributed by atoms with Crippen LogP contribution < -0.4 is 0 Å². The maximum Gasteiger partial charge on any atom is 0.295 e. The number of Topliss-reactive ketones (excluding diaryl/α,β-unsaturated/α-hetero) is 1. The third-order valence-corrected chi connectivity index (χ3v) is 8.14. The Morgan fingerprint density at radius 2 is 1.69 bits per heavy atom. The van der Waals surface area contributed by atoms with E-state index < -0.39 is 33.5 Å². The lowest BCUT2D eigenvalue weighted by Gasteiger charge is -2.26. The number of ether oxygens (including phenoxy) is 2. The standard InChI is InChI=1S/C25H28N2O8S/c1-34-14-2-11-27-22(17-3-7-19(28)8-4-17)21(24(30)25(27)31)23(29)18-5-9-20(10-6-18)36(32,33)26-12-15-35-16-13-26/h3-10,22,28-29H,2,11-16H2,1H3/b23-21+/t22-/m0/s1. The summed E-state index contributed by atoms with van der Waals surface area (Å²) in [5.74, 6) is -1.98. The molecule has 1 amide bonds. The van der Waals surface area contributed by atoms with E-state index in [0.29, 0.717) is 31.8 Å². The molecule has 0 saturated carbocycles. The van der Waals surface area contributed by atoms with Crippen LogP contribution in [-0.4, -0.2) is 86.1 Å². The van der Waals surface area contributed by atoms with Crippen LogP contribution in [0.25, 0.3) is 5.76 Å². The zero-order valence-electron chi connectivity index (χ0n) is 19.8. The molecule has 0 spiro atoms. The summed E-state index contributed by atoms with van der Waals surface area (Å²) in [4.78, 5) is 27.4. The van der Waals surface area contributed by atoms with Gasteiger partial charge in [0.05, 0.1) is 29.7 Å². The van der Waals surface area contributed by atoms with Crippen molar-refractivity contribution in [3.8, 4) is 5.75 Å². The molecule has 2 aliphatic heterocycles. The average molecular weight is 517 g/mol. The van der Waals surface area contributed by atoms with Gasteiger partial charge in [0, 0.05) is 38.9 Å². The number of phenolic OH excluding ortho intramolecular Hbond substituents is 1. The van der Waals surface area contributed by atoms with Crippen molar-refractivity contribution in [3.63, 3.8) is 0 Å². The van der Waals surface area contributed by atoms with Gasteiger partial charge in [-0.2, -0.15) is 4.31 Å². The van der Waals surface area contributed by atoms with Gasteiger partial charge in [-0.3, -0.25) is 9.59 Å². The summed E-state index contributed by atoms with van der Waals surface area (Å²) in [6.45, 7) is 1.74. The van der Waals surface area contributed by atoms with E-state index in [9.17, 15) is 28.2 Å². The molecule has 2 fully saturated rings. The lowest BCUT2D eigenvalue weighted by atomic mass is 9.95. The molecule has 0 bridgehead atoms. The van der Waals surface area contributed by atoms with Crippen LogP contribution in [0.2, 0.25) is 0 Å². The lowest BCUT2D eigenvalue weighted by molar-refractivity contribution is -0.140. The largest absolute Gasteiger partial charge is 0.508 e. The van der Waals surface area contributed by atoms with Crippen molar-refractivity contribution < 1.29 is 37.7 Å². The number of carbonyl (C=O) groups excluding carboxylic acids is 2. The summed E-state index contributed by atoms with van der Waals surface area (Å²) in [6, 6.07) is 10.7. The van der Waals surface area contributed by atoms with Crippen LogP contribution in [0.1, 0.15) is 23.6 Å². The van der Waals surface area contributed by atoms with E-state index in [0.717, 1.165) is 0 Å². The molecule has 2 aliphatic rings. The maximum atomic E-state index is 13.0. The van der Waals surface area contributed by atoms with E-state index in [2.05, 4.69) is 0 Å². The van der Waals surface area contributed by atoms with Crippen molar-refractivity contribution in [3.05, 3.63) is 65.2 Å². The minimum atomic E-state index is -3.73. The van der Waals surface area contributed by atoms with Gasteiger partial charge in [-0.25, -0.2) is 8.42 Å². The fourth-order valence-electron chi connectivity index (χ4n) is 4.37. The highest BCUT2D eigenvalue weighted by Crippen LogP contribution is 2.40. The van der Waals surface area contributed by atoms with Crippen molar-refractivity contribution in [1.82, 2.24) is 9.21 Å². The summed E-state index contributed by atoms with van der Waals surface area (Å²) < 4.78 is 37.4. The summed E-state index contributed by atoms with van der Waals surface area (Å²) in [5.41, 5.74) is 0.638. The predicted octanol–water partition coefficient (Wildman–Crippen LogP) is 1.87. The molecule has 1 atom stereocenters. The number of rotatable bonds is 8. The number of likely N-dealkylation sites (tertiary alicyclic amines) is 1. The Labute approximate surface area is 209 Å². The first kappa shape index (κ1) is 25.8. The SMILES string of the molecule is COCCCN1C(=O)C(=O)/C(=C(/O)c2ccc(S(=O)(=O)N3CCOCC3)cc2)[C@@H]1c1ccc(O)cc1. The molecule has 11 heteroatoms. The Morgan fingerprint density at radius 3 is 2.31 bits per heavy atom. The van der Waals surface area contributed by atoms with Gasteiger partial charge in [0.15, 0.2) is 0 Å². The molecule has 10 nitrogen and oxygen atoms in total. The number of carbonyl (C=O) groups is 2. The van der Waals surface area contributed by atoms with Gasteiger partial charge in [0.25, 0.3) is 11.7 Å². The van der Waals surface area contributed by atoms with Gasteiger partial charge in [-0.15, -0.1) is 0 Å². The van der Waals surface area contributed by atoms with Crippen LogP contribution in [0, 0.1) is 0 Å². The number of aliphatic hydroxyl groups is 1. The molecule has 2 aromatic carbocycles. The van der Waals surface area contributed by atoms with E-state index in [1.165, 1.54) is 52.7 Å². The van der Waals surface area contributed by atoms with Gasteiger partial charge in [-0.05, 0) is 48.4 Å². The number of hydrogen-bond donors (Lipinski definition) is 2. The van der Waals surface area contributed by atoms with E-state index >= 15 is 0 Å². The number of sulfonamides is 1. The third kappa shape index (κ3) is 5.00. The zero-order valence-corrected chi connectivity index (χ0v) is 20.6. The van der Waals surface area contributed by atoms with Crippen molar-refractivity contribution >= 4 is 27.5 Å². The Bertz CT molecular complexity index is 1250. The fraction of sp³-hybridized carbons (Fsp3) is 0.360. The number of ketones is 1. The highest BCUT2D eigenvalue weighted by atomic mass is 32.2. The highest BCUT2D eigenvalue weighted by Gasteiger charge is 2.45. The molecule has 0 aromatic heterocycles. The smallest absolute Gasteiger partial charge is 0.295 e. The number of aromatic hydroxyl groups is 1. The molecule has 0 radical (unpaired) electrons. The van der Waals surface area contributed by atoms with Crippen LogP contribution in [0.3, 0.4) is 0 Å². The predicted molar refractivity (Wildman–Crippen MR) is 130 cm³/mol. The molecule has 4 rings (SSSR count). The minimum absolute atomic E-state index is 0.0205. The Kier molecular flexibility index (Phi) is 7.74. The molecule has 2 aromatic rings. The van der Waals surface area contributed by atoms with Crippen LogP contribution in [-0.2, 0) is 29.1 Å². The van der Waals surface area contributed by atoms with Crippen LogP contribution in [0.5, 0.6) is 5.75 Å². The second-order valence-corrected chi connectivity index (χ2v) is 10.4. The summed E-state index contributed by atoms with van der Waals surface area (Å²) in [7, 11) is -2.20. The Hall–Kier alpha value is -3.25. The molecule has 2 heterocycles. The molecule has 36 heavy (non-hydrogen) atoms. The first-order chi connectivity index (χ1) is 17.3. The molecular weight excluding hydrogens is 488 g/mol. The summed E-state index contributed by atoms with van der Waals surface area (Å²) >= 11 is 0. The van der Waals surface area contributed by atoms with Gasteiger partial charge < -0.3 is 24.6 Å². The number of phenols is 1. The van der Waals surface area contributed by atoms with Crippen LogP contribution in [0.15, 0.2) is 59.0 Å². The Balaban J connectivity index is 1.71. The summed E-state index contributed by atoms with van der Waals surface area (Å²) in [5, 5.41) is 20.9. The zero-order chi connectivity index (χ0) is 25.9. The number of hydrogen-bond acceptors (Lipinski definition) is 8. The first-order valence-corrected chi connectivity index (χ1v) is 12.9. The fourth-order valence-corrected chi connectivity index (χ4v) is 5.78. The highest BCUT2D eigenvalue weighted by molar-refractivity contribution is 7.89. The van der Waals surface area contributed by atoms with Gasteiger partial charge in [-0.1, -0.05) is 12.1 Å². The number of aliphatic hydroxyl groups excluding tert-OH is 1. The van der Waals surface area contributed by atoms with E-state index in [1.807, 2.05) is 0 Å². The minimum Gasteiger partial charge on any atom is -0.508 e. The van der Waals surface area contributed by atoms with Crippen molar-refractivity contribution in [2.45, 2.75) is 17.4 Å². The molecule has 2 saturated heterocycles. The van der Waals surface area contributed by atoms with Crippen molar-refractivity contribution in [1.29, 1.82) is 0 Å². The van der Waals surface area contributed by atoms with Gasteiger partial charge in [0.2, 0.25) is 10.0 Å². The van der Waals surface area contributed by atoms with Crippen LogP contribution in [0.4, 0.5) is 0 Å². The second kappa shape index (κ2) is 10.8.